The van der Waals surface area contributed by atoms with Gasteiger partial charge in [0.15, 0.2) is 0 Å². The molecule has 2 heterocycles. The van der Waals surface area contributed by atoms with Crippen molar-refractivity contribution >= 4 is 40.5 Å². The number of hydrogen-bond acceptors (Lipinski definition) is 4. The van der Waals surface area contributed by atoms with Gasteiger partial charge in [-0.05, 0) is 54.7 Å². The number of aliphatic hydroxyl groups excluding tert-OH is 2. The summed E-state index contributed by atoms with van der Waals surface area (Å²) in [7, 11) is 0. The Morgan fingerprint density at radius 3 is 2.58 bits per heavy atom. The lowest BCUT2D eigenvalue weighted by molar-refractivity contribution is -0.137. The number of benzene rings is 1. The fourth-order valence-corrected chi connectivity index (χ4v) is 3.97. The van der Waals surface area contributed by atoms with Gasteiger partial charge >= 0.3 is 12.2 Å². The van der Waals surface area contributed by atoms with E-state index in [1.165, 1.54) is 4.90 Å². The standard InChI is InChI=1S/C22H22Cl2F3N3O3/c23-18-10-15(2-4-17(18)22(25,26)27)29-21(33)30-7-5-14(6-8-30)20-19(24)9-13(11-28-20)1-3-16(32)12-31/h2,4-5,9-11,16,31-32H,1,3,6-8,12H2,(H,29,33)/t16-/m0/s1. The number of rotatable bonds is 6. The molecular formula is C22H22Cl2F3N3O3. The number of aryl methyl sites for hydroxylation is 1. The molecule has 0 unspecified atom stereocenters. The van der Waals surface area contributed by atoms with Crippen LogP contribution in [0.25, 0.3) is 5.57 Å². The summed E-state index contributed by atoms with van der Waals surface area (Å²) < 4.78 is 38.5. The van der Waals surface area contributed by atoms with Crippen LogP contribution in [-0.2, 0) is 12.6 Å². The molecule has 1 aliphatic heterocycles. The summed E-state index contributed by atoms with van der Waals surface area (Å²) in [5, 5.41) is 20.9. The second kappa shape index (κ2) is 10.7. The highest BCUT2D eigenvalue weighted by molar-refractivity contribution is 6.32. The predicted molar refractivity (Wildman–Crippen MR) is 120 cm³/mol. The van der Waals surface area contributed by atoms with Gasteiger partial charge in [-0.3, -0.25) is 4.98 Å². The molecule has 1 aliphatic rings. The van der Waals surface area contributed by atoms with Gasteiger partial charge in [0.25, 0.3) is 0 Å². The van der Waals surface area contributed by atoms with Crippen molar-refractivity contribution in [2.24, 2.45) is 0 Å². The molecule has 178 valence electrons. The van der Waals surface area contributed by atoms with Gasteiger partial charge in [0.2, 0.25) is 0 Å². The lowest BCUT2D eigenvalue weighted by atomic mass is 10.0. The molecule has 2 amide bonds. The van der Waals surface area contributed by atoms with E-state index < -0.39 is 28.9 Å². The van der Waals surface area contributed by atoms with Crippen molar-refractivity contribution in [2.75, 3.05) is 25.0 Å². The maximum Gasteiger partial charge on any atom is 0.417 e. The highest BCUT2D eigenvalue weighted by atomic mass is 35.5. The first kappa shape index (κ1) is 25.3. The smallest absolute Gasteiger partial charge is 0.394 e. The van der Waals surface area contributed by atoms with Crippen molar-refractivity contribution in [2.45, 2.75) is 31.5 Å². The van der Waals surface area contributed by atoms with Gasteiger partial charge in [-0.1, -0.05) is 29.3 Å². The van der Waals surface area contributed by atoms with E-state index in [-0.39, 0.29) is 18.8 Å². The fourth-order valence-electron chi connectivity index (χ4n) is 3.37. The summed E-state index contributed by atoms with van der Waals surface area (Å²) in [4.78, 5) is 18.4. The molecule has 0 bridgehead atoms. The van der Waals surface area contributed by atoms with E-state index in [0.717, 1.165) is 29.3 Å². The maximum absolute atomic E-state index is 12.8. The number of pyridine rings is 1. The predicted octanol–water partition coefficient (Wildman–Crippen LogP) is 5.01. The van der Waals surface area contributed by atoms with Gasteiger partial charge in [-0.15, -0.1) is 0 Å². The highest BCUT2D eigenvalue weighted by Gasteiger charge is 2.33. The largest absolute Gasteiger partial charge is 0.417 e. The van der Waals surface area contributed by atoms with E-state index in [4.69, 9.17) is 28.3 Å². The molecule has 3 rings (SSSR count). The molecule has 2 aromatic rings. The van der Waals surface area contributed by atoms with Crippen molar-refractivity contribution in [1.82, 2.24) is 9.88 Å². The average molecular weight is 504 g/mol. The van der Waals surface area contributed by atoms with Gasteiger partial charge in [0.05, 0.1) is 34.0 Å². The van der Waals surface area contributed by atoms with Crippen LogP contribution in [0.2, 0.25) is 10.0 Å². The van der Waals surface area contributed by atoms with E-state index in [2.05, 4.69) is 10.3 Å². The minimum Gasteiger partial charge on any atom is -0.394 e. The van der Waals surface area contributed by atoms with Crippen molar-refractivity contribution < 1.29 is 28.2 Å². The van der Waals surface area contributed by atoms with E-state index in [1.807, 2.05) is 6.08 Å². The van der Waals surface area contributed by atoms with Crippen LogP contribution in [-0.4, -0.2) is 51.9 Å². The number of hydrogen-bond donors (Lipinski definition) is 3. The van der Waals surface area contributed by atoms with Crippen molar-refractivity contribution in [3.05, 3.63) is 63.4 Å². The Hall–Kier alpha value is -2.33. The average Bonchev–Trinajstić information content (AvgIpc) is 2.76. The zero-order valence-corrected chi connectivity index (χ0v) is 18.9. The number of nitrogens with zero attached hydrogens (tertiary/aromatic N) is 2. The third-order valence-corrected chi connectivity index (χ3v) is 5.80. The third kappa shape index (κ3) is 6.60. The lowest BCUT2D eigenvalue weighted by Crippen LogP contribution is -2.38. The van der Waals surface area contributed by atoms with Crippen LogP contribution in [0.5, 0.6) is 0 Å². The molecule has 1 atom stereocenters. The summed E-state index contributed by atoms with van der Waals surface area (Å²) in [5.74, 6) is 0. The fraction of sp³-hybridized carbons (Fsp3) is 0.364. The number of aliphatic hydroxyl groups is 2. The summed E-state index contributed by atoms with van der Waals surface area (Å²) in [5.41, 5.74) is 1.53. The van der Waals surface area contributed by atoms with Gasteiger partial charge in [-0.2, -0.15) is 13.2 Å². The molecule has 1 aromatic heterocycles. The Kier molecular flexibility index (Phi) is 8.23. The van der Waals surface area contributed by atoms with Crippen LogP contribution in [0, 0.1) is 0 Å². The second-order valence-electron chi connectivity index (χ2n) is 7.60. The molecule has 1 aromatic carbocycles. The number of halogens is 5. The highest BCUT2D eigenvalue weighted by Crippen LogP contribution is 2.36. The van der Waals surface area contributed by atoms with Gasteiger partial charge in [-0.25, -0.2) is 4.79 Å². The van der Waals surface area contributed by atoms with Crippen LogP contribution >= 0.6 is 23.2 Å². The topological polar surface area (TPSA) is 85.7 Å². The molecular weight excluding hydrogens is 482 g/mol. The Balaban J connectivity index is 1.61. The molecule has 11 heteroatoms. The summed E-state index contributed by atoms with van der Waals surface area (Å²) in [6.45, 7) is 0.342. The van der Waals surface area contributed by atoms with Crippen molar-refractivity contribution in [3.63, 3.8) is 0 Å². The second-order valence-corrected chi connectivity index (χ2v) is 8.41. The zero-order chi connectivity index (χ0) is 24.2. The molecule has 0 saturated carbocycles. The lowest BCUT2D eigenvalue weighted by Gasteiger charge is -2.27. The van der Waals surface area contributed by atoms with Crippen LogP contribution in [0.4, 0.5) is 23.7 Å². The molecule has 33 heavy (non-hydrogen) atoms. The van der Waals surface area contributed by atoms with Crippen molar-refractivity contribution in [1.29, 1.82) is 0 Å². The van der Waals surface area contributed by atoms with Crippen LogP contribution in [0.15, 0.2) is 36.5 Å². The van der Waals surface area contributed by atoms with Crippen LogP contribution < -0.4 is 5.32 Å². The molecule has 0 saturated heterocycles. The third-order valence-electron chi connectivity index (χ3n) is 5.20. The first-order valence-corrected chi connectivity index (χ1v) is 10.9. The quantitative estimate of drug-likeness (QED) is 0.516. The number of urea groups is 1. The van der Waals surface area contributed by atoms with E-state index >= 15 is 0 Å². The van der Waals surface area contributed by atoms with E-state index in [9.17, 15) is 23.1 Å². The summed E-state index contributed by atoms with van der Waals surface area (Å²) in [6.07, 6.45) is -0.454. The minimum atomic E-state index is -4.57. The van der Waals surface area contributed by atoms with E-state index in [1.54, 1.807) is 12.3 Å². The molecule has 6 nitrogen and oxygen atoms in total. The van der Waals surface area contributed by atoms with Gasteiger partial charge in [0, 0.05) is 25.0 Å². The number of carbonyl (C=O) groups excluding carboxylic acids is 1. The van der Waals surface area contributed by atoms with Gasteiger partial charge < -0.3 is 20.4 Å². The SMILES string of the molecule is O=C(Nc1ccc(C(F)(F)F)c(Cl)c1)N1CC=C(c2ncc(CC[C@H](O)CO)cc2Cl)CC1. The number of carbonyl (C=O) groups is 1. The van der Waals surface area contributed by atoms with Crippen LogP contribution in [0.1, 0.15) is 29.7 Å². The Morgan fingerprint density at radius 1 is 1.24 bits per heavy atom. The molecule has 0 aliphatic carbocycles. The number of amides is 2. The Morgan fingerprint density at radius 2 is 2.00 bits per heavy atom. The van der Waals surface area contributed by atoms with Crippen LogP contribution in [0.3, 0.4) is 0 Å². The monoisotopic (exact) mass is 503 g/mol. The number of alkyl halides is 3. The number of anilines is 1. The summed E-state index contributed by atoms with van der Waals surface area (Å²) >= 11 is 12.1. The zero-order valence-electron chi connectivity index (χ0n) is 17.4. The molecule has 0 spiro atoms. The van der Waals surface area contributed by atoms with Crippen molar-refractivity contribution in [3.8, 4) is 0 Å². The number of aromatic nitrogens is 1. The molecule has 3 N–H and O–H groups in total. The van der Waals surface area contributed by atoms with Gasteiger partial charge in [0.1, 0.15) is 0 Å². The Labute approximate surface area is 198 Å². The molecule has 0 radical (unpaired) electrons. The normalized spacial score (nSPS) is 15.2. The number of nitrogens with one attached hydrogen (secondary N) is 1. The minimum absolute atomic E-state index is 0.166. The Bertz CT molecular complexity index is 1050. The summed E-state index contributed by atoms with van der Waals surface area (Å²) in [6, 6.07) is 4.36. The maximum atomic E-state index is 12.8. The first-order chi connectivity index (χ1) is 15.6. The van der Waals surface area contributed by atoms with E-state index in [0.29, 0.717) is 36.5 Å². The molecule has 0 fully saturated rings. The first-order valence-electron chi connectivity index (χ1n) is 10.1.